The molecule has 0 amide bonds. The van der Waals surface area contributed by atoms with Crippen LogP contribution in [0.15, 0.2) is 29.2 Å². The molecule has 72 valence electrons. The summed E-state index contributed by atoms with van der Waals surface area (Å²) in [6.45, 7) is 0. The van der Waals surface area contributed by atoms with Gasteiger partial charge in [0.05, 0.1) is 4.90 Å². The van der Waals surface area contributed by atoms with Crippen LogP contribution in [0.3, 0.4) is 0 Å². The van der Waals surface area contributed by atoms with E-state index < -0.39 is 10.1 Å². The largest absolute Gasteiger partial charge is 0.744 e. The Morgan fingerprint density at radius 2 is 1.77 bits per heavy atom. The zero-order valence-electron chi connectivity index (χ0n) is 6.73. The highest BCUT2D eigenvalue weighted by Gasteiger charge is 1.99. The van der Waals surface area contributed by atoms with E-state index in [-0.39, 0.29) is 4.90 Å². The molecule has 0 saturated carbocycles. The summed E-state index contributed by atoms with van der Waals surface area (Å²) >= 11 is 3.26. The molecule has 0 atom stereocenters. The van der Waals surface area contributed by atoms with Crippen LogP contribution in [-0.2, 0) is 16.5 Å². The molecule has 0 saturated heterocycles. The Kier molecular flexibility index (Phi) is 3.47. The van der Waals surface area contributed by atoms with Gasteiger partial charge in [0.1, 0.15) is 10.1 Å². The number of hydrogen-bond donors (Lipinski definition) is 0. The lowest BCUT2D eigenvalue weighted by Gasteiger charge is -2.06. The maximum absolute atomic E-state index is 10.5. The van der Waals surface area contributed by atoms with E-state index in [1.807, 2.05) is 0 Å². The molecular weight excluding hydrogens is 256 g/mol. The molecule has 13 heavy (non-hydrogen) atoms. The third kappa shape index (κ3) is 3.10. The van der Waals surface area contributed by atoms with Gasteiger partial charge in [-0.1, -0.05) is 28.1 Å². The summed E-state index contributed by atoms with van der Waals surface area (Å²) in [6.07, 6.45) is 0.819. The molecule has 0 aliphatic rings. The summed E-state index contributed by atoms with van der Waals surface area (Å²) in [5.41, 5.74) is 1.00. The Hall–Kier alpha value is -0.390. The van der Waals surface area contributed by atoms with Gasteiger partial charge >= 0.3 is 0 Å². The van der Waals surface area contributed by atoms with Crippen molar-refractivity contribution in [3.05, 3.63) is 29.8 Å². The lowest BCUT2D eigenvalue weighted by atomic mass is 10.2. The minimum Gasteiger partial charge on any atom is -0.744 e. The van der Waals surface area contributed by atoms with Crippen molar-refractivity contribution in [3.8, 4) is 0 Å². The number of aryl methyl sites for hydroxylation is 1. The molecule has 0 heterocycles. The molecule has 0 N–H and O–H groups in total. The van der Waals surface area contributed by atoms with Crippen molar-refractivity contribution in [1.82, 2.24) is 0 Å². The lowest BCUT2D eigenvalue weighted by Crippen LogP contribution is -1.98. The van der Waals surface area contributed by atoms with Crippen LogP contribution in [0.5, 0.6) is 0 Å². The second-order valence-corrected chi connectivity index (χ2v) is 4.71. The van der Waals surface area contributed by atoms with Crippen molar-refractivity contribution in [2.24, 2.45) is 0 Å². The Morgan fingerprint density at radius 3 is 2.15 bits per heavy atom. The van der Waals surface area contributed by atoms with Gasteiger partial charge in [0, 0.05) is 5.33 Å². The molecule has 0 aliphatic heterocycles. The Morgan fingerprint density at radius 1 is 1.23 bits per heavy atom. The minimum absolute atomic E-state index is 0.175. The first-order chi connectivity index (χ1) is 6.04. The summed E-state index contributed by atoms with van der Waals surface area (Å²) in [5, 5.41) is 0.816. The SMILES string of the molecule is O=S(=O)([O-])c1ccc(CCBr)cc1. The van der Waals surface area contributed by atoms with Crippen molar-refractivity contribution in [3.63, 3.8) is 0 Å². The fourth-order valence-corrected chi connectivity index (χ4v) is 1.86. The molecule has 0 aromatic heterocycles. The number of alkyl halides is 1. The highest BCUT2D eigenvalue weighted by Crippen LogP contribution is 2.10. The molecule has 0 aliphatic carbocycles. The van der Waals surface area contributed by atoms with Gasteiger partial charge < -0.3 is 4.55 Å². The summed E-state index contributed by atoms with van der Waals surface area (Å²) in [5.74, 6) is 0. The molecule has 5 heteroatoms. The molecule has 0 radical (unpaired) electrons. The first-order valence-corrected chi connectivity index (χ1v) is 6.18. The lowest BCUT2D eigenvalue weighted by molar-refractivity contribution is 0.463. The summed E-state index contributed by atoms with van der Waals surface area (Å²) in [4.78, 5) is -0.175. The highest BCUT2D eigenvalue weighted by atomic mass is 79.9. The van der Waals surface area contributed by atoms with E-state index in [4.69, 9.17) is 0 Å². The summed E-state index contributed by atoms with van der Waals surface area (Å²) in [7, 11) is -4.30. The quantitative estimate of drug-likeness (QED) is 0.614. The first kappa shape index (κ1) is 10.7. The molecule has 1 rings (SSSR count). The van der Waals surface area contributed by atoms with E-state index in [0.717, 1.165) is 17.3 Å². The van der Waals surface area contributed by atoms with Gasteiger partial charge in [0.15, 0.2) is 0 Å². The highest BCUT2D eigenvalue weighted by molar-refractivity contribution is 9.09. The third-order valence-electron chi connectivity index (χ3n) is 1.60. The van der Waals surface area contributed by atoms with Crippen LogP contribution in [0.2, 0.25) is 0 Å². The zero-order chi connectivity index (χ0) is 9.90. The van der Waals surface area contributed by atoms with Gasteiger partial charge in [-0.25, -0.2) is 8.42 Å². The van der Waals surface area contributed by atoms with Crippen LogP contribution in [0.4, 0.5) is 0 Å². The molecule has 0 spiro atoms. The van der Waals surface area contributed by atoms with Crippen molar-refractivity contribution in [2.45, 2.75) is 11.3 Å². The monoisotopic (exact) mass is 263 g/mol. The predicted molar refractivity (Wildman–Crippen MR) is 51.9 cm³/mol. The van der Waals surface area contributed by atoms with Gasteiger partial charge in [-0.15, -0.1) is 0 Å². The fraction of sp³-hybridized carbons (Fsp3) is 0.250. The van der Waals surface area contributed by atoms with Crippen LogP contribution in [0, 0.1) is 0 Å². The van der Waals surface area contributed by atoms with Gasteiger partial charge in [-0.2, -0.15) is 0 Å². The second kappa shape index (κ2) is 4.21. The standard InChI is InChI=1S/C8H9BrO3S/c9-6-5-7-1-3-8(4-2-7)13(10,11)12/h1-4H,5-6H2,(H,10,11,12)/p-1. The van der Waals surface area contributed by atoms with Crippen LogP contribution in [0.1, 0.15) is 5.56 Å². The maximum Gasteiger partial charge on any atom is 0.124 e. The molecule has 0 bridgehead atoms. The number of benzene rings is 1. The van der Waals surface area contributed by atoms with Crippen molar-refractivity contribution >= 4 is 26.0 Å². The number of hydrogen-bond acceptors (Lipinski definition) is 3. The van der Waals surface area contributed by atoms with E-state index in [1.165, 1.54) is 12.1 Å². The predicted octanol–water partition coefficient (Wildman–Crippen LogP) is 1.53. The molecule has 3 nitrogen and oxygen atoms in total. The average Bonchev–Trinajstić information content (AvgIpc) is 2.04. The van der Waals surface area contributed by atoms with E-state index in [9.17, 15) is 13.0 Å². The average molecular weight is 264 g/mol. The van der Waals surface area contributed by atoms with Gasteiger partial charge in [0.2, 0.25) is 0 Å². The molecule has 0 unspecified atom stereocenters. The topological polar surface area (TPSA) is 57.2 Å². The molecular formula is C8H8BrO3S-. The summed E-state index contributed by atoms with van der Waals surface area (Å²) < 4.78 is 31.6. The van der Waals surface area contributed by atoms with Gasteiger partial charge in [-0.3, -0.25) is 0 Å². The van der Waals surface area contributed by atoms with Crippen LogP contribution < -0.4 is 0 Å². The van der Waals surface area contributed by atoms with Crippen LogP contribution in [0.25, 0.3) is 0 Å². The second-order valence-electron chi connectivity index (χ2n) is 2.54. The van der Waals surface area contributed by atoms with Gasteiger partial charge in [-0.05, 0) is 24.1 Å². The molecule has 1 aromatic carbocycles. The zero-order valence-corrected chi connectivity index (χ0v) is 9.14. The molecule has 1 aromatic rings. The van der Waals surface area contributed by atoms with Gasteiger partial charge in [0.25, 0.3) is 0 Å². The Balaban J connectivity index is 2.94. The number of rotatable bonds is 3. The fourth-order valence-electron chi connectivity index (χ4n) is 0.932. The van der Waals surface area contributed by atoms with E-state index >= 15 is 0 Å². The number of halogens is 1. The van der Waals surface area contributed by atoms with E-state index in [0.29, 0.717) is 0 Å². The van der Waals surface area contributed by atoms with E-state index in [1.54, 1.807) is 12.1 Å². The van der Waals surface area contributed by atoms with Crippen LogP contribution >= 0.6 is 15.9 Å². The third-order valence-corrected chi connectivity index (χ3v) is 2.84. The van der Waals surface area contributed by atoms with Crippen LogP contribution in [-0.4, -0.2) is 18.3 Å². The Bertz CT molecular complexity index is 369. The maximum atomic E-state index is 10.5. The van der Waals surface area contributed by atoms with Crippen molar-refractivity contribution in [1.29, 1.82) is 0 Å². The minimum atomic E-state index is -4.30. The molecule has 0 fully saturated rings. The normalized spacial score (nSPS) is 11.5. The first-order valence-electron chi connectivity index (χ1n) is 3.65. The van der Waals surface area contributed by atoms with Crippen molar-refractivity contribution < 1.29 is 13.0 Å². The van der Waals surface area contributed by atoms with E-state index in [2.05, 4.69) is 15.9 Å². The van der Waals surface area contributed by atoms with Crippen molar-refractivity contribution in [2.75, 3.05) is 5.33 Å². The summed E-state index contributed by atoms with van der Waals surface area (Å²) in [6, 6.07) is 5.96. The smallest absolute Gasteiger partial charge is 0.124 e. The Labute approximate surface area is 85.7 Å².